The molecule has 0 unspecified atom stereocenters. The first-order valence-corrected chi connectivity index (χ1v) is 8.30. The number of amides is 1. The molecule has 4 nitrogen and oxygen atoms in total. The van der Waals surface area contributed by atoms with Gasteiger partial charge in [-0.15, -0.1) is 0 Å². The fraction of sp³-hybridized carbons (Fsp3) is 0.316. The summed E-state index contributed by atoms with van der Waals surface area (Å²) in [4.78, 5) is 16.3. The molecule has 6 heteroatoms. The van der Waals surface area contributed by atoms with Crippen molar-refractivity contribution in [3.05, 3.63) is 59.7 Å². The number of anilines is 2. The Labute approximate surface area is 146 Å². The van der Waals surface area contributed by atoms with Gasteiger partial charge in [0.2, 0.25) is 5.91 Å². The highest BCUT2D eigenvalue weighted by Crippen LogP contribution is 2.18. The molecule has 1 amide bonds. The van der Waals surface area contributed by atoms with Crippen molar-refractivity contribution in [3.8, 4) is 0 Å². The molecule has 0 saturated carbocycles. The van der Waals surface area contributed by atoms with E-state index in [-0.39, 0.29) is 24.0 Å². The van der Waals surface area contributed by atoms with Gasteiger partial charge in [0.25, 0.3) is 0 Å². The highest BCUT2D eigenvalue weighted by molar-refractivity contribution is 5.92. The lowest BCUT2D eigenvalue weighted by molar-refractivity contribution is -0.117. The van der Waals surface area contributed by atoms with Crippen LogP contribution in [-0.4, -0.2) is 43.5 Å². The fourth-order valence-corrected chi connectivity index (χ4v) is 2.93. The van der Waals surface area contributed by atoms with Crippen LogP contribution in [0.1, 0.15) is 5.56 Å². The second kappa shape index (κ2) is 7.61. The molecule has 0 bridgehead atoms. The number of halogens is 2. The van der Waals surface area contributed by atoms with E-state index in [0.717, 1.165) is 37.4 Å². The average molecular weight is 345 g/mol. The zero-order valence-corrected chi connectivity index (χ0v) is 14.1. The minimum atomic E-state index is -0.422. The Balaban J connectivity index is 1.50. The number of piperazine rings is 1. The minimum absolute atomic E-state index is 0.209. The smallest absolute Gasteiger partial charge is 0.238 e. The first kappa shape index (κ1) is 17.4. The van der Waals surface area contributed by atoms with E-state index in [9.17, 15) is 13.6 Å². The second-order valence-electron chi connectivity index (χ2n) is 6.27. The van der Waals surface area contributed by atoms with Gasteiger partial charge in [-0.25, -0.2) is 8.78 Å². The van der Waals surface area contributed by atoms with Crippen LogP contribution in [0.5, 0.6) is 0 Å². The van der Waals surface area contributed by atoms with E-state index in [1.165, 1.54) is 18.2 Å². The molecule has 1 aliphatic rings. The summed E-state index contributed by atoms with van der Waals surface area (Å²) in [5.74, 6) is -0.894. The number of aryl methyl sites for hydroxylation is 1. The molecule has 1 N–H and O–H groups in total. The van der Waals surface area contributed by atoms with Crippen molar-refractivity contribution in [3.63, 3.8) is 0 Å². The molecule has 2 aromatic carbocycles. The van der Waals surface area contributed by atoms with Crippen molar-refractivity contribution in [2.75, 3.05) is 42.9 Å². The Morgan fingerprint density at radius 1 is 1.04 bits per heavy atom. The lowest BCUT2D eigenvalue weighted by Gasteiger charge is -2.35. The maximum atomic E-state index is 13.8. The van der Waals surface area contributed by atoms with Crippen molar-refractivity contribution in [2.45, 2.75) is 6.92 Å². The van der Waals surface area contributed by atoms with Gasteiger partial charge in [0.1, 0.15) is 11.6 Å². The van der Waals surface area contributed by atoms with Gasteiger partial charge in [-0.2, -0.15) is 0 Å². The summed E-state index contributed by atoms with van der Waals surface area (Å²) in [6.45, 7) is 5.00. The molecule has 0 radical (unpaired) electrons. The Morgan fingerprint density at radius 2 is 1.72 bits per heavy atom. The van der Waals surface area contributed by atoms with Crippen LogP contribution in [0.4, 0.5) is 20.2 Å². The van der Waals surface area contributed by atoms with E-state index in [2.05, 4.69) is 10.2 Å². The minimum Gasteiger partial charge on any atom is -0.369 e. The van der Waals surface area contributed by atoms with Crippen LogP contribution < -0.4 is 10.2 Å². The molecule has 0 atom stereocenters. The van der Waals surface area contributed by atoms with Crippen LogP contribution in [0.2, 0.25) is 0 Å². The lowest BCUT2D eigenvalue weighted by Crippen LogP contribution is -2.48. The highest BCUT2D eigenvalue weighted by atomic mass is 19.1. The van der Waals surface area contributed by atoms with Crippen molar-refractivity contribution in [2.24, 2.45) is 0 Å². The third-order valence-corrected chi connectivity index (χ3v) is 4.33. The first-order chi connectivity index (χ1) is 12.0. The predicted octanol–water partition coefficient (Wildman–Crippen LogP) is 3.03. The number of hydrogen-bond donors (Lipinski definition) is 1. The van der Waals surface area contributed by atoms with E-state index < -0.39 is 5.82 Å². The number of carbonyl (C=O) groups excluding carboxylic acids is 1. The topological polar surface area (TPSA) is 35.6 Å². The van der Waals surface area contributed by atoms with Crippen molar-refractivity contribution in [1.82, 2.24) is 4.90 Å². The molecular weight excluding hydrogens is 324 g/mol. The number of carbonyl (C=O) groups is 1. The van der Waals surface area contributed by atoms with Crippen LogP contribution >= 0.6 is 0 Å². The number of benzene rings is 2. The molecule has 0 aliphatic carbocycles. The van der Waals surface area contributed by atoms with Crippen LogP contribution in [0, 0.1) is 18.6 Å². The summed E-state index contributed by atoms with van der Waals surface area (Å²) in [6, 6.07) is 11.2. The highest BCUT2D eigenvalue weighted by Gasteiger charge is 2.19. The quantitative estimate of drug-likeness (QED) is 0.925. The van der Waals surface area contributed by atoms with Crippen molar-refractivity contribution < 1.29 is 13.6 Å². The van der Waals surface area contributed by atoms with E-state index in [1.807, 2.05) is 4.90 Å². The Kier molecular flexibility index (Phi) is 5.28. The monoisotopic (exact) mass is 345 g/mol. The molecule has 132 valence electrons. The van der Waals surface area contributed by atoms with Gasteiger partial charge in [0.15, 0.2) is 0 Å². The number of nitrogens with one attached hydrogen (secondary N) is 1. The van der Waals surface area contributed by atoms with Gasteiger partial charge in [-0.1, -0.05) is 6.07 Å². The maximum Gasteiger partial charge on any atom is 0.238 e. The number of nitrogens with zero attached hydrogens (tertiary/aromatic N) is 2. The fourth-order valence-electron chi connectivity index (χ4n) is 2.93. The summed E-state index contributed by atoms with van der Waals surface area (Å²) >= 11 is 0. The Morgan fingerprint density at radius 3 is 2.36 bits per heavy atom. The summed E-state index contributed by atoms with van der Waals surface area (Å²) in [7, 11) is 0. The summed E-state index contributed by atoms with van der Waals surface area (Å²) in [6.07, 6.45) is 0. The molecule has 2 aromatic rings. The molecule has 0 spiro atoms. The van der Waals surface area contributed by atoms with Gasteiger partial charge < -0.3 is 10.2 Å². The van der Waals surface area contributed by atoms with Crippen LogP contribution in [0.15, 0.2) is 42.5 Å². The largest absolute Gasteiger partial charge is 0.369 e. The van der Waals surface area contributed by atoms with Crippen molar-refractivity contribution >= 4 is 17.3 Å². The Bertz CT molecular complexity index is 741. The molecule has 1 fully saturated rings. The van der Waals surface area contributed by atoms with Gasteiger partial charge in [0.05, 0.1) is 12.2 Å². The molecule has 25 heavy (non-hydrogen) atoms. The summed E-state index contributed by atoms with van der Waals surface area (Å²) in [5.41, 5.74) is 2.00. The summed E-state index contributed by atoms with van der Waals surface area (Å²) in [5, 5.41) is 2.62. The zero-order chi connectivity index (χ0) is 17.8. The normalized spacial score (nSPS) is 15.2. The first-order valence-electron chi connectivity index (χ1n) is 8.30. The Hall–Kier alpha value is -2.47. The van der Waals surface area contributed by atoms with Crippen LogP contribution in [0.25, 0.3) is 0 Å². The van der Waals surface area contributed by atoms with Gasteiger partial charge >= 0.3 is 0 Å². The molecule has 1 aliphatic heterocycles. The van der Waals surface area contributed by atoms with E-state index >= 15 is 0 Å². The van der Waals surface area contributed by atoms with Gasteiger partial charge in [-0.3, -0.25) is 9.69 Å². The molecular formula is C19H21F2N3O. The maximum absolute atomic E-state index is 13.8. The molecule has 1 heterocycles. The van der Waals surface area contributed by atoms with E-state index in [4.69, 9.17) is 0 Å². The van der Waals surface area contributed by atoms with Gasteiger partial charge in [-0.05, 0) is 48.9 Å². The summed E-state index contributed by atoms with van der Waals surface area (Å²) < 4.78 is 26.8. The SMILES string of the molecule is Cc1ccc(NC(=O)CN2CCN(c3ccc(F)cc3)CC2)c(F)c1. The molecule has 0 aromatic heterocycles. The van der Waals surface area contributed by atoms with Crippen LogP contribution in [-0.2, 0) is 4.79 Å². The number of rotatable bonds is 4. The molecule has 3 rings (SSSR count). The number of hydrogen-bond acceptors (Lipinski definition) is 3. The molecule has 1 saturated heterocycles. The zero-order valence-electron chi connectivity index (χ0n) is 14.1. The van der Waals surface area contributed by atoms with Crippen molar-refractivity contribution in [1.29, 1.82) is 0 Å². The third kappa shape index (κ3) is 4.54. The standard InChI is InChI=1S/C19H21F2N3O/c1-14-2-7-18(17(21)12-14)22-19(25)13-23-8-10-24(11-9-23)16-5-3-15(20)4-6-16/h2-7,12H,8-11,13H2,1H3,(H,22,25). The van der Waals surface area contributed by atoms with Gasteiger partial charge in [0, 0.05) is 31.9 Å². The van der Waals surface area contributed by atoms with Crippen LogP contribution in [0.3, 0.4) is 0 Å². The van der Waals surface area contributed by atoms with E-state index in [1.54, 1.807) is 31.2 Å². The second-order valence-corrected chi connectivity index (χ2v) is 6.27. The third-order valence-electron chi connectivity index (χ3n) is 4.33. The van der Waals surface area contributed by atoms with E-state index in [0.29, 0.717) is 0 Å². The average Bonchev–Trinajstić information content (AvgIpc) is 2.59. The lowest BCUT2D eigenvalue weighted by atomic mass is 10.2. The predicted molar refractivity (Wildman–Crippen MR) is 94.8 cm³/mol.